The SMILES string of the molecule is O=C(O[C@H]1CCOC1=O)c1nc(-c2cccs2)n(-c2ccc(F)cc2)n1. The minimum Gasteiger partial charge on any atom is -0.463 e. The Kier molecular flexibility index (Phi) is 4.21. The highest BCUT2D eigenvalue weighted by Gasteiger charge is 2.32. The fourth-order valence-corrected chi connectivity index (χ4v) is 3.19. The van der Waals surface area contributed by atoms with Crippen molar-refractivity contribution in [3.8, 4) is 16.4 Å². The zero-order chi connectivity index (χ0) is 18.1. The van der Waals surface area contributed by atoms with Gasteiger partial charge in [0.25, 0.3) is 5.82 Å². The van der Waals surface area contributed by atoms with Crippen molar-refractivity contribution >= 4 is 23.3 Å². The standard InChI is InChI=1S/C17H12FN3O4S/c18-10-3-5-11(6-4-10)21-15(13-2-1-9-26-13)19-14(20-21)17(23)25-12-7-8-24-16(12)22/h1-6,9,12H,7-8H2/t12-/m0/s1. The van der Waals surface area contributed by atoms with Crippen LogP contribution in [0.5, 0.6) is 0 Å². The fourth-order valence-electron chi connectivity index (χ4n) is 2.49. The molecule has 0 bridgehead atoms. The predicted molar refractivity (Wildman–Crippen MR) is 89.4 cm³/mol. The number of hydrogen-bond acceptors (Lipinski definition) is 7. The predicted octanol–water partition coefficient (Wildman–Crippen LogP) is 2.61. The van der Waals surface area contributed by atoms with Crippen LogP contribution in [0.1, 0.15) is 17.0 Å². The number of rotatable bonds is 4. The lowest BCUT2D eigenvalue weighted by molar-refractivity contribution is -0.145. The molecule has 0 spiro atoms. The van der Waals surface area contributed by atoms with E-state index in [0.29, 0.717) is 17.9 Å². The molecule has 0 aliphatic carbocycles. The van der Waals surface area contributed by atoms with E-state index in [2.05, 4.69) is 10.1 Å². The van der Waals surface area contributed by atoms with E-state index in [-0.39, 0.29) is 18.2 Å². The van der Waals surface area contributed by atoms with Crippen molar-refractivity contribution in [3.05, 3.63) is 53.4 Å². The molecule has 3 aromatic rings. The third-order valence-corrected chi connectivity index (χ3v) is 4.60. The third kappa shape index (κ3) is 3.08. The Bertz CT molecular complexity index is 953. The molecule has 4 rings (SSSR count). The zero-order valence-electron chi connectivity index (χ0n) is 13.3. The Hall–Kier alpha value is -3.07. The monoisotopic (exact) mass is 373 g/mol. The molecule has 7 nitrogen and oxygen atoms in total. The first-order chi connectivity index (χ1) is 12.6. The summed E-state index contributed by atoms with van der Waals surface area (Å²) < 4.78 is 24.6. The highest BCUT2D eigenvalue weighted by atomic mass is 32.1. The largest absolute Gasteiger partial charge is 0.463 e. The average molecular weight is 373 g/mol. The molecule has 0 N–H and O–H groups in total. The van der Waals surface area contributed by atoms with Gasteiger partial charge in [-0.2, -0.15) is 4.98 Å². The Morgan fingerprint density at radius 3 is 2.77 bits per heavy atom. The van der Waals surface area contributed by atoms with Crippen molar-refractivity contribution < 1.29 is 23.5 Å². The first-order valence-electron chi connectivity index (χ1n) is 7.76. The average Bonchev–Trinajstić information content (AvgIpc) is 3.36. The molecule has 0 amide bonds. The van der Waals surface area contributed by atoms with E-state index in [1.54, 1.807) is 0 Å². The maximum atomic E-state index is 13.2. The molecule has 132 valence electrons. The van der Waals surface area contributed by atoms with Crippen LogP contribution >= 0.6 is 11.3 Å². The molecule has 26 heavy (non-hydrogen) atoms. The summed E-state index contributed by atoms with van der Waals surface area (Å²) in [6.07, 6.45) is -0.633. The van der Waals surface area contributed by atoms with E-state index in [1.165, 1.54) is 40.3 Å². The van der Waals surface area contributed by atoms with Crippen molar-refractivity contribution in [1.29, 1.82) is 0 Å². The van der Waals surface area contributed by atoms with Crippen LogP contribution in [0.3, 0.4) is 0 Å². The highest BCUT2D eigenvalue weighted by Crippen LogP contribution is 2.26. The molecule has 1 aliphatic rings. The van der Waals surface area contributed by atoms with Crippen LogP contribution in [0.25, 0.3) is 16.4 Å². The normalized spacial score (nSPS) is 16.5. The Labute approximate surface area is 151 Å². The van der Waals surface area contributed by atoms with Gasteiger partial charge in [0, 0.05) is 6.42 Å². The van der Waals surface area contributed by atoms with Gasteiger partial charge < -0.3 is 9.47 Å². The van der Waals surface area contributed by atoms with Crippen LogP contribution in [-0.4, -0.2) is 39.4 Å². The van der Waals surface area contributed by atoms with Gasteiger partial charge in [-0.15, -0.1) is 16.4 Å². The molecule has 2 aromatic heterocycles. The molecule has 1 aromatic carbocycles. The minimum atomic E-state index is -0.939. The smallest absolute Gasteiger partial charge is 0.379 e. The Balaban J connectivity index is 1.70. The van der Waals surface area contributed by atoms with E-state index in [9.17, 15) is 14.0 Å². The zero-order valence-corrected chi connectivity index (χ0v) is 14.1. The van der Waals surface area contributed by atoms with Crippen molar-refractivity contribution in [1.82, 2.24) is 14.8 Å². The van der Waals surface area contributed by atoms with Crippen molar-refractivity contribution in [2.75, 3.05) is 6.61 Å². The van der Waals surface area contributed by atoms with Crippen LogP contribution < -0.4 is 0 Å². The summed E-state index contributed by atoms with van der Waals surface area (Å²) in [5, 5.41) is 6.06. The summed E-state index contributed by atoms with van der Waals surface area (Å²) in [5.41, 5.74) is 0.543. The topological polar surface area (TPSA) is 83.3 Å². The molecular weight excluding hydrogens is 361 g/mol. The Morgan fingerprint density at radius 1 is 1.31 bits per heavy atom. The second-order valence-electron chi connectivity index (χ2n) is 5.47. The lowest BCUT2D eigenvalue weighted by atomic mass is 10.3. The van der Waals surface area contributed by atoms with Crippen LogP contribution in [0.15, 0.2) is 41.8 Å². The fraction of sp³-hybridized carbons (Fsp3) is 0.176. The van der Waals surface area contributed by atoms with Crippen LogP contribution in [0.4, 0.5) is 4.39 Å². The van der Waals surface area contributed by atoms with Gasteiger partial charge in [0.15, 0.2) is 5.82 Å². The molecule has 0 unspecified atom stereocenters. The van der Waals surface area contributed by atoms with Gasteiger partial charge in [0.1, 0.15) is 5.82 Å². The molecule has 0 saturated carbocycles. The lowest BCUT2D eigenvalue weighted by Gasteiger charge is -2.05. The number of hydrogen-bond donors (Lipinski definition) is 0. The summed E-state index contributed by atoms with van der Waals surface area (Å²) in [4.78, 5) is 28.9. The van der Waals surface area contributed by atoms with E-state index in [4.69, 9.17) is 9.47 Å². The molecule has 9 heteroatoms. The second-order valence-corrected chi connectivity index (χ2v) is 6.42. The number of aromatic nitrogens is 3. The number of benzene rings is 1. The maximum Gasteiger partial charge on any atom is 0.379 e. The quantitative estimate of drug-likeness (QED) is 0.654. The summed E-state index contributed by atoms with van der Waals surface area (Å²) in [6.45, 7) is 0.217. The van der Waals surface area contributed by atoms with Crippen molar-refractivity contribution in [3.63, 3.8) is 0 Å². The number of esters is 2. The minimum absolute atomic E-state index is 0.183. The first-order valence-corrected chi connectivity index (χ1v) is 8.64. The van der Waals surface area contributed by atoms with Gasteiger partial charge in [-0.05, 0) is 35.7 Å². The number of carbonyl (C=O) groups is 2. The lowest BCUT2D eigenvalue weighted by Crippen LogP contribution is -2.23. The summed E-state index contributed by atoms with van der Waals surface area (Å²) in [6, 6.07) is 9.33. The van der Waals surface area contributed by atoms with E-state index in [0.717, 1.165) is 4.88 Å². The van der Waals surface area contributed by atoms with E-state index in [1.807, 2.05) is 17.5 Å². The van der Waals surface area contributed by atoms with Gasteiger partial charge in [-0.25, -0.2) is 18.7 Å². The Morgan fingerprint density at radius 2 is 2.12 bits per heavy atom. The number of carbonyl (C=O) groups excluding carboxylic acids is 2. The summed E-state index contributed by atoms with van der Waals surface area (Å²) >= 11 is 1.42. The molecule has 1 aliphatic heterocycles. The number of ether oxygens (including phenoxy) is 2. The van der Waals surface area contributed by atoms with Crippen molar-refractivity contribution in [2.24, 2.45) is 0 Å². The summed E-state index contributed by atoms with van der Waals surface area (Å²) in [7, 11) is 0. The highest BCUT2D eigenvalue weighted by molar-refractivity contribution is 7.13. The molecule has 1 fully saturated rings. The number of nitrogens with zero attached hydrogens (tertiary/aromatic N) is 3. The molecule has 1 saturated heterocycles. The van der Waals surface area contributed by atoms with Gasteiger partial charge >= 0.3 is 11.9 Å². The van der Waals surface area contributed by atoms with Crippen LogP contribution in [-0.2, 0) is 14.3 Å². The number of halogens is 1. The number of cyclic esters (lactones) is 1. The van der Waals surface area contributed by atoms with E-state index < -0.39 is 18.0 Å². The second kappa shape index (κ2) is 6.68. The third-order valence-electron chi connectivity index (χ3n) is 3.74. The first kappa shape index (κ1) is 16.4. The molecule has 3 heterocycles. The van der Waals surface area contributed by atoms with Gasteiger partial charge in [0.2, 0.25) is 6.10 Å². The van der Waals surface area contributed by atoms with Crippen molar-refractivity contribution in [2.45, 2.75) is 12.5 Å². The molecular formula is C17H12FN3O4S. The molecule has 1 atom stereocenters. The van der Waals surface area contributed by atoms with Crippen LogP contribution in [0.2, 0.25) is 0 Å². The summed E-state index contributed by atoms with van der Waals surface area (Å²) in [5.74, 6) is -1.53. The molecule has 0 radical (unpaired) electrons. The van der Waals surface area contributed by atoms with Gasteiger partial charge in [0.05, 0.1) is 17.2 Å². The number of thiophene rings is 1. The van der Waals surface area contributed by atoms with Gasteiger partial charge in [-0.1, -0.05) is 6.07 Å². The maximum absolute atomic E-state index is 13.2. The van der Waals surface area contributed by atoms with Crippen LogP contribution in [0, 0.1) is 5.82 Å². The van der Waals surface area contributed by atoms with Gasteiger partial charge in [-0.3, -0.25) is 0 Å². The van der Waals surface area contributed by atoms with E-state index >= 15 is 0 Å².